The summed E-state index contributed by atoms with van der Waals surface area (Å²) in [7, 11) is 2.24. The van der Waals surface area contributed by atoms with Crippen molar-refractivity contribution < 1.29 is 0 Å². The Morgan fingerprint density at radius 3 is 2.35 bits per heavy atom. The smallest absolute Gasteiger partial charge is 0.0230 e. The highest BCUT2D eigenvalue weighted by molar-refractivity contribution is 5.21. The fourth-order valence-corrected chi connectivity index (χ4v) is 2.97. The molecule has 0 aliphatic rings. The lowest BCUT2D eigenvalue weighted by molar-refractivity contribution is 0.169. The monoisotopic (exact) mass is 276 g/mol. The molecule has 0 bridgehead atoms. The van der Waals surface area contributed by atoms with E-state index >= 15 is 0 Å². The second kappa shape index (κ2) is 8.43. The molecule has 2 heteroatoms. The third-order valence-electron chi connectivity index (χ3n) is 3.88. The van der Waals surface area contributed by atoms with E-state index in [9.17, 15) is 0 Å². The van der Waals surface area contributed by atoms with E-state index in [4.69, 9.17) is 0 Å². The number of hydrogen-bond donors (Lipinski definition) is 1. The maximum absolute atomic E-state index is 3.52. The van der Waals surface area contributed by atoms with Crippen molar-refractivity contribution in [2.45, 2.75) is 47.1 Å². The van der Waals surface area contributed by atoms with Gasteiger partial charge >= 0.3 is 0 Å². The van der Waals surface area contributed by atoms with Crippen LogP contribution < -0.4 is 5.32 Å². The van der Waals surface area contributed by atoms with Crippen LogP contribution in [0.2, 0.25) is 0 Å². The lowest BCUT2D eigenvalue weighted by atomic mass is 9.84. The highest BCUT2D eigenvalue weighted by Gasteiger charge is 2.24. The molecule has 1 atom stereocenters. The Bertz CT molecular complexity index is 372. The normalized spacial score (nSPS) is 14.5. The maximum Gasteiger partial charge on any atom is 0.0230 e. The van der Waals surface area contributed by atoms with Gasteiger partial charge in [-0.25, -0.2) is 0 Å². The molecule has 0 spiro atoms. The number of benzene rings is 1. The molecule has 0 aromatic heterocycles. The molecule has 0 fully saturated rings. The van der Waals surface area contributed by atoms with E-state index in [-0.39, 0.29) is 0 Å². The Labute approximate surface area is 125 Å². The highest BCUT2D eigenvalue weighted by atomic mass is 15.1. The quantitative estimate of drug-likeness (QED) is 0.737. The predicted molar refractivity (Wildman–Crippen MR) is 89.1 cm³/mol. The molecule has 1 unspecified atom stereocenters. The van der Waals surface area contributed by atoms with Gasteiger partial charge < -0.3 is 10.2 Å². The van der Waals surface area contributed by atoms with Crippen molar-refractivity contribution in [1.29, 1.82) is 0 Å². The Kier molecular flexibility index (Phi) is 7.25. The third-order valence-corrected chi connectivity index (χ3v) is 3.88. The molecule has 1 rings (SSSR count). The van der Waals surface area contributed by atoms with Gasteiger partial charge in [0.2, 0.25) is 0 Å². The average molecular weight is 276 g/mol. The van der Waals surface area contributed by atoms with Crippen LogP contribution in [0.25, 0.3) is 0 Å². The lowest BCUT2D eigenvalue weighted by Gasteiger charge is -2.34. The first-order valence-corrected chi connectivity index (χ1v) is 7.94. The van der Waals surface area contributed by atoms with Gasteiger partial charge in [0.1, 0.15) is 0 Å². The van der Waals surface area contributed by atoms with E-state index in [2.05, 4.69) is 69.2 Å². The first-order chi connectivity index (χ1) is 9.49. The summed E-state index contributed by atoms with van der Waals surface area (Å²) in [5, 5.41) is 3.52. The van der Waals surface area contributed by atoms with Crippen LogP contribution in [0.5, 0.6) is 0 Å². The predicted octanol–water partition coefficient (Wildman–Crippen LogP) is 3.84. The van der Waals surface area contributed by atoms with Gasteiger partial charge in [-0.05, 0) is 37.9 Å². The molecule has 0 amide bonds. The van der Waals surface area contributed by atoms with Gasteiger partial charge in [-0.15, -0.1) is 0 Å². The summed E-state index contributed by atoms with van der Waals surface area (Å²) in [6.45, 7) is 13.4. The minimum absolute atomic E-state index is 0.365. The fourth-order valence-electron chi connectivity index (χ4n) is 2.97. The third kappa shape index (κ3) is 6.06. The largest absolute Gasteiger partial charge is 0.316 e. The molecule has 0 heterocycles. The first kappa shape index (κ1) is 17.2. The van der Waals surface area contributed by atoms with Crippen molar-refractivity contribution in [3.05, 3.63) is 35.4 Å². The van der Waals surface area contributed by atoms with Crippen LogP contribution in [0, 0.1) is 12.3 Å². The van der Waals surface area contributed by atoms with Crippen LogP contribution >= 0.6 is 0 Å². The van der Waals surface area contributed by atoms with E-state index in [0.717, 1.165) is 26.2 Å². The molecular weight excluding hydrogens is 244 g/mol. The number of nitrogens with zero attached hydrogens (tertiary/aromatic N) is 1. The fraction of sp³-hybridized carbons (Fsp3) is 0.667. The van der Waals surface area contributed by atoms with Crippen molar-refractivity contribution in [2.75, 3.05) is 26.7 Å². The molecule has 0 aliphatic heterocycles. The van der Waals surface area contributed by atoms with Crippen molar-refractivity contribution in [2.24, 2.45) is 5.41 Å². The average Bonchev–Trinajstić information content (AvgIpc) is 2.39. The molecule has 2 nitrogen and oxygen atoms in total. The van der Waals surface area contributed by atoms with E-state index in [0.29, 0.717) is 5.41 Å². The SMILES string of the molecule is CCCC(C)(CNCC)CN(C)Cc1ccc(C)cc1. The summed E-state index contributed by atoms with van der Waals surface area (Å²) < 4.78 is 0. The van der Waals surface area contributed by atoms with Gasteiger partial charge in [-0.1, -0.05) is 57.0 Å². The topological polar surface area (TPSA) is 15.3 Å². The second-order valence-corrected chi connectivity index (χ2v) is 6.50. The van der Waals surface area contributed by atoms with Crippen LogP contribution in [0.3, 0.4) is 0 Å². The molecule has 0 saturated heterocycles. The van der Waals surface area contributed by atoms with Gasteiger partial charge in [0.15, 0.2) is 0 Å². The Balaban J connectivity index is 2.56. The highest BCUT2D eigenvalue weighted by Crippen LogP contribution is 2.24. The molecule has 0 aliphatic carbocycles. The van der Waals surface area contributed by atoms with Crippen LogP contribution in [0.15, 0.2) is 24.3 Å². The summed E-state index contributed by atoms with van der Waals surface area (Å²) >= 11 is 0. The summed E-state index contributed by atoms with van der Waals surface area (Å²) in [6.07, 6.45) is 2.53. The van der Waals surface area contributed by atoms with Crippen molar-refractivity contribution in [3.63, 3.8) is 0 Å². The summed E-state index contributed by atoms with van der Waals surface area (Å²) in [5.41, 5.74) is 3.10. The van der Waals surface area contributed by atoms with Gasteiger partial charge in [0, 0.05) is 19.6 Å². The zero-order valence-electron chi connectivity index (χ0n) is 14.0. The number of rotatable bonds is 9. The minimum atomic E-state index is 0.365. The minimum Gasteiger partial charge on any atom is -0.316 e. The first-order valence-electron chi connectivity index (χ1n) is 7.94. The summed E-state index contributed by atoms with van der Waals surface area (Å²) in [5.74, 6) is 0. The molecular formula is C18H32N2. The molecule has 0 radical (unpaired) electrons. The molecule has 1 aromatic carbocycles. The van der Waals surface area contributed by atoms with Crippen molar-refractivity contribution >= 4 is 0 Å². The molecule has 1 N–H and O–H groups in total. The van der Waals surface area contributed by atoms with Crippen LogP contribution in [-0.2, 0) is 6.54 Å². The van der Waals surface area contributed by atoms with E-state index < -0.39 is 0 Å². The van der Waals surface area contributed by atoms with Gasteiger partial charge in [0.05, 0.1) is 0 Å². The van der Waals surface area contributed by atoms with Crippen molar-refractivity contribution in [1.82, 2.24) is 10.2 Å². The Morgan fingerprint density at radius 1 is 1.15 bits per heavy atom. The zero-order valence-corrected chi connectivity index (χ0v) is 14.0. The van der Waals surface area contributed by atoms with Crippen LogP contribution in [0.1, 0.15) is 44.7 Å². The summed E-state index contributed by atoms with van der Waals surface area (Å²) in [4.78, 5) is 2.46. The van der Waals surface area contributed by atoms with E-state index in [1.165, 1.54) is 24.0 Å². The molecule has 114 valence electrons. The van der Waals surface area contributed by atoms with E-state index in [1.54, 1.807) is 0 Å². The number of aryl methyl sites for hydroxylation is 1. The Morgan fingerprint density at radius 2 is 1.80 bits per heavy atom. The van der Waals surface area contributed by atoms with Crippen molar-refractivity contribution in [3.8, 4) is 0 Å². The van der Waals surface area contributed by atoms with E-state index in [1.807, 2.05) is 0 Å². The number of hydrogen-bond acceptors (Lipinski definition) is 2. The van der Waals surface area contributed by atoms with Crippen LogP contribution in [-0.4, -0.2) is 31.6 Å². The Hall–Kier alpha value is -0.860. The van der Waals surface area contributed by atoms with Crippen LogP contribution in [0.4, 0.5) is 0 Å². The maximum atomic E-state index is 3.52. The lowest BCUT2D eigenvalue weighted by Crippen LogP contribution is -2.40. The van der Waals surface area contributed by atoms with Gasteiger partial charge in [-0.3, -0.25) is 0 Å². The zero-order chi connectivity index (χ0) is 15.0. The van der Waals surface area contributed by atoms with Gasteiger partial charge in [0.25, 0.3) is 0 Å². The molecule has 0 saturated carbocycles. The molecule has 20 heavy (non-hydrogen) atoms. The second-order valence-electron chi connectivity index (χ2n) is 6.50. The van der Waals surface area contributed by atoms with Gasteiger partial charge in [-0.2, -0.15) is 0 Å². The standard InChI is InChI=1S/C18H32N2/c1-6-12-18(4,14-19-7-2)15-20(5)13-17-10-8-16(3)9-11-17/h8-11,19H,6-7,12-15H2,1-5H3. The number of nitrogens with one attached hydrogen (secondary N) is 1. The summed E-state index contributed by atoms with van der Waals surface area (Å²) in [6, 6.07) is 8.89. The molecule has 1 aromatic rings.